The van der Waals surface area contributed by atoms with Crippen molar-refractivity contribution in [3.8, 4) is 0 Å². The van der Waals surface area contributed by atoms with Crippen molar-refractivity contribution in [1.82, 2.24) is 9.55 Å². The van der Waals surface area contributed by atoms with E-state index in [2.05, 4.69) is 13.4 Å². The first-order valence-electron chi connectivity index (χ1n) is 9.96. The SMILES string of the molecule is O=c1ccn([C@@H]2O[C@@H](COP(=O)([O-])OP(=O)([O-])O[C@H]3O[C@H](CO)[C@@H](O)[C@H](O)[C@H]3O)[C@@H](O)[C@H]2O)c(=O)[nH]1.[Na+].[Na+]. The summed E-state index contributed by atoms with van der Waals surface area (Å²) in [5.41, 5.74) is -1.78. The normalized spacial score (nSPS) is 36.4. The summed E-state index contributed by atoms with van der Waals surface area (Å²) in [4.78, 5) is 48.9. The van der Waals surface area contributed by atoms with Crippen molar-refractivity contribution >= 4 is 15.6 Å². The van der Waals surface area contributed by atoms with Crippen LogP contribution < -0.4 is 80.2 Å². The van der Waals surface area contributed by atoms with Crippen molar-refractivity contribution in [2.45, 2.75) is 55.2 Å². The number of rotatable bonds is 9. The van der Waals surface area contributed by atoms with E-state index in [0.717, 1.165) is 12.3 Å². The predicted octanol–water partition coefficient (Wildman–Crippen LogP) is -12.0. The third kappa shape index (κ3) is 8.81. The van der Waals surface area contributed by atoms with E-state index in [1.54, 1.807) is 0 Å². The topological polar surface area (TPSA) is 303 Å². The van der Waals surface area contributed by atoms with Gasteiger partial charge in [-0.25, -0.2) is 9.11 Å². The maximum Gasteiger partial charge on any atom is 1.00 e. The van der Waals surface area contributed by atoms with Gasteiger partial charge in [-0.05, 0) is 0 Å². The van der Waals surface area contributed by atoms with E-state index in [1.165, 1.54) is 0 Å². The van der Waals surface area contributed by atoms with Crippen molar-refractivity contribution in [3.63, 3.8) is 0 Å². The number of aliphatic hydroxyl groups is 6. The van der Waals surface area contributed by atoms with E-state index < -0.39 is 95.4 Å². The predicted molar refractivity (Wildman–Crippen MR) is 104 cm³/mol. The quantitative estimate of drug-likeness (QED) is 0.101. The molecule has 206 valence electrons. The third-order valence-corrected chi connectivity index (χ3v) is 7.67. The minimum absolute atomic E-state index is 0. The molecule has 0 aliphatic carbocycles. The van der Waals surface area contributed by atoms with E-state index in [1.807, 2.05) is 4.98 Å². The Hall–Kier alpha value is 0.620. The van der Waals surface area contributed by atoms with Crippen LogP contribution in [-0.4, -0.2) is 102 Å². The summed E-state index contributed by atoms with van der Waals surface area (Å²) in [5, 5.41) is 58.4. The van der Waals surface area contributed by atoms with Crippen LogP contribution in [-0.2, 0) is 32.0 Å². The second-order valence-corrected chi connectivity index (χ2v) is 10.5. The Labute approximate surface area is 256 Å². The fourth-order valence-corrected chi connectivity index (χ4v) is 5.42. The number of nitrogens with one attached hydrogen (secondary N) is 1. The molecule has 0 bridgehead atoms. The van der Waals surface area contributed by atoms with Gasteiger partial charge in [-0.3, -0.25) is 28.0 Å². The van der Waals surface area contributed by atoms with Gasteiger partial charge in [0.25, 0.3) is 21.2 Å². The van der Waals surface area contributed by atoms with Crippen molar-refractivity contribution in [3.05, 3.63) is 33.1 Å². The van der Waals surface area contributed by atoms with E-state index in [4.69, 9.17) is 14.6 Å². The molecule has 3 heterocycles. The molecule has 11 atom stereocenters. The maximum absolute atomic E-state index is 12.0. The first kappa shape index (κ1) is 36.6. The van der Waals surface area contributed by atoms with Crippen molar-refractivity contribution in [2.75, 3.05) is 13.2 Å². The number of aromatic nitrogens is 2. The van der Waals surface area contributed by atoms with Gasteiger partial charge in [0.05, 0.1) is 13.2 Å². The zero-order valence-corrected chi connectivity index (χ0v) is 25.6. The average molecular weight is 610 g/mol. The number of aliphatic hydroxyl groups excluding tert-OH is 6. The van der Waals surface area contributed by atoms with Crippen LogP contribution in [0.5, 0.6) is 0 Å². The van der Waals surface area contributed by atoms with Gasteiger partial charge in [0.1, 0.15) is 42.7 Å². The van der Waals surface area contributed by atoms with Crippen molar-refractivity contribution in [1.29, 1.82) is 0 Å². The number of nitrogens with zero attached hydrogens (tertiary/aromatic N) is 1. The average Bonchev–Trinajstić information content (AvgIpc) is 3.06. The number of hydrogen-bond donors (Lipinski definition) is 7. The Morgan fingerprint density at radius 3 is 2.11 bits per heavy atom. The Balaban J connectivity index is 0.00000361. The fraction of sp³-hybridized carbons (Fsp3) is 0.733. The second-order valence-electron chi connectivity index (χ2n) is 7.64. The minimum atomic E-state index is -5.90. The zero-order valence-electron chi connectivity index (χ0n) is 19.8. The molecule has 2 fully saturated rings. The molecule has 2 unspecified atom stereocenters. The summed E-state index contributed by atoms with van der Waals surface area (Å²) >= 11 is 0. The molecule has 38 heavy (non-hydrogen) atoms. The largest absolute Gasteiger partial charge is 1.00 e. The minimum Gasteiger partial charge on any atom is -0.756 e. The summed E-state index contributed by atoms with van der Waals surface area (Å²) in [6, 6.07) is 0.911. The molecule has 23 heteroatoms. The summed E-state index contributed by atoms with van der Waals surface area (Å²) < 4.78 is 47.1. The van der Waals surface area contributed by atoms with Crippen molar-refractivity contribution in [2.24, 2.45) is 0 Å². The molecular weight excluding hydrogens is 588 g/mol. The van der Waals surface area contributed by atoms with Gasteiger partial charge in [0.2, 0.25) is 0 Å². The van der Waals surface area contributed by atoms with E-state index >= 15 is 0 Å². The first-order valence-corrected chi connectivity index (χ1v) is 12.9. The zero-order chi connectivity index (χ0) is 27.0. The smallest absolute Gasteiger partial charge is 0.756 e. The van der Waals surface area contributed by atoms with E-state index in [9.17, 15) is 54.0 Å². The van der Waals surface area contributed by atoms with Crippen LogP contribution in [0.3, 0.4) is 0 Å². The second kappa shape index (κ2) is 14.7. The standard InChI is InChI=1S/C15H24N2O17P2.2Na/c18-3-5-8(20)10(22)12(24)14(32-5)33-36(28,29)34-35(26,27)30-4-6-9(21)11(23)13(31-6)17-2-1-7(19)16-15(17)25;;/h1-2,5-6,8-14,18,20-24H,3-4H2,(H,26,27)(H,28,29)(H,16,19,25);;/q;2*+1/p-2/t5-,6+,8-,9-,10+,11-,12-,13-,14-;;/m1../s1. The van der Waals surface area contributed by atoms with Crippen LogP contribution in [0.2, 0.25) is 0 Å². The molecule has 19 nitrogen and oxygen atoms in total. The van der Waals surface area contributed by atoms with E-state index in [0.29, 0.717) is 4.57 Å². The number of H-pyrrole nitrogens is 1. The number of hydrogen-bond acceptors (Lipinski definition) is 17. The molecular formula is C15H22N2Na2O17P2. The molecule has 2 aliphatic rings. The molecule has 0 radical (unpaired) electrons. The maximum atomic E-state index is 12.0. The van der Waals surface area contributed by atoms with Gasteiger partial charge in [-0.1, -0.05) is 0 Å². The first-order chi connectivity index (χ1) is 16.7. The van der Waals surface area contributed by atoms with Gasteiger partial charge < -0.3 is 54.4 Å². The monoisotopic (exact) mass is 610 g/mol. The van der Waals surface area contributed by atoms with Gasteiger partial charge in [-0.15, -0.1) is 0 Å². The molecule has 3 rings (SSSR count). The number of aromatic amines is 1. The molecule has 2 aliphatic heterocycles. The molecule has 1 aromatic heterocycles. The third-order valence-electron chi connectivity index (χ3n) is 5.14. The number of phosphoric acid groups is 2. The van der Waals surface area contributed by atoms with Crippen LogP contribution in [0.1, 0.15) is 6.23 Å². The van der Waals surface area contributed by atoms with E-state index in [-0.39, 0.29) is 59.1 Å². The summed E-state index contributed by atoms with van der Waals surface area (Å²) in [6.07, 6.45) is -15.8. The number of ether oxygens (including phenoxy) is 2. The molecule has 0 spiro atoms. The molecule has 0 amide bonds. The van der Waals surface area contributed by atoms with Crippen LogP contribution in [0.4, 0.5) is 0 Å². The number of phosphoric ester groups is 2. The summed E-state index contributed by atoms with van der Waals surface area (Å²) in [7, 11) is -11.7. The van der Waals surface area contributed by atoms with Crippen LogP contribution >= 0.6 is 15.6 Å². The summed E-state index contributed by atoms with van der Waals surface area (Å²) in [5.74, 6) is 0. The molecule has 7 N–H and O–H groups in total. The van der Waals surface area contributed by atoms with Gasteiger partial charge in [-0.2, -0.15) is 0 Å². The van der Waals surface area contributed by atoms with Crippen LogP contribution in [0, 0.1) is 0 Å². The molecule has 0 saturated carbocycles. The van der Waals surface area contributed by atoms with Gasteiger partial charge >= 0.3 is 64.8 Å². The Kier molecular flexibility index (Phi) is 14.2. The van der Waals surface area contributed by atoms with Crippen molar-refractivity contribution < 1.29 is 132 Å². The molecule has 2 saturated heterocycles. The Morgan fingerprint density at radius 2 is 1.53 bits per heavy atom. The Bertz CT molecular complexity index is 1140. The Morgan fingerprint density at radius 1 is 0.921 bits per heavy atom. The van der Waals surface area contributed by atoms with Gasteiger partial charge in [0, 0.05) is 12.3 Å². The van der Waals surface area contributed by atoms with Crippen LogP contribution in [0.15, 0.2) is 21.9 Å². The van der Waals surface area contributed by atoms with Crippen LogP contribution in [0.25, 0.3) is 0 Å². The molecule has 1 aromatic rings. The summed E-state index contributed by atoms with van der Waals surface area (Å²) in [6.45, 7) is -2.05. The van der Waals surface area contributed by atoms with Gasteiger partial charge in [0.15, 0.2) is 12.5 Å². The molecule has 0 aromatic carbocycles. The fourth-order valence-electron chi connectivity index (χ4n) is 3.34.